The van der Waals surface area contributed by atoms with Crippen molar-refractivity contribution in [3.8, 4) is 11.3 Å². The van der Waals surface area contributed by atoms with Crippen LogP contribution in [0.15, 0.2) is 57.5 Å². The Labute approximate surface area is 188 Å². The molecule has 4 heterocycles. The summed E-state index contributed by atoms with van der Waals surface area (Å²) in [4.78, 5) is 4.27. The molecule has 4 heteroatoms. The van der Waals surface area contributed by atoms with Crippen molar-refractivity contribution in [2.75, 3.05) is 0 Å². The maximum atomic E-state index is 7.86. The minimum atomic E-state index is -2.33. The van der Waals surface area contributed by atoms with E-state index >= 15 is 0 Å². The fourth-order valence-corrected chi connectivity index (χ4v) is 4.49. The zero-order valence-electron chi connectivity index (χ0n) is 23.3. The van der Waals surface area contributed by atoms with Crippen molar-refractivity contribution in [1.29, 1.82) is 0 Å². The van der Waals surface area contributed by atoms with Crippen molar-refractivity contribution in [3.63, 3.8) is 0 Å². The number of rotatable bonds is 1. The summed E-state index contributed by atoms with van der Waals surface area (Å²) >= 11 is 0. The molecule has 0 aliphatic heterocycles. The van der Waals surface area contributed by atoms with Crippen molar-refractivity contribution < 1.29 is 21.6 Å². The molecule has 0 radical (unpaired) electrons. The smallest absolute Gasteiger partial charge is 0.227 e. The summed E-state index contributed by atoms with van der Waals surface area (Å²) in [6.07, 6.45) is 1.66. The predicted octanol–water partition coefficient (Wildman–Crippen LogP) is 6.61. The third-order valence-electron chi connectivity index (χ3n) is 6.05. The van der Waals surface area contributed by atoms with Crippen LogP contribution >= 0.6 is 0 Å². The number of nitrogens with zero attached hydrogens (tertiary/aromatic N) is 2. The zero-order valence-corrected chi connectivity index (χ0v) is 17.3. The molecule has 0 saturated carbocycles. The third-order valence-corrected chi connectivity index (χ3v) is 6.05. The van der Waals surface area contributed by atoms with Crippen LogP contribution in [0.2, 0.25) is 0 Å². The van der Waals surface area contributed by atoms with Crippen molar-refractivity contribution in [3.05, 3.63) is 71.0 Å². The van der Waals surface area contributed by atoms with Gasteiger partial charge >= 0.3 is 0 Å². The van der Waals surface area contributed by atoms with Gasteiger partial charge in [-0.1, -0.05) is 12.1 Å². The van der Waals surface area contributed by atoms with Crippen LogP contribution < -0.4 is 4.57 Å². The van der Waals surface area contributed by atoms with Gasteiger partial charge in [0.2, 0.25) is 11.4 Å². The van der Waals surface area contributed by atoms with Crippen LogP contribution in [0.25, 0.3) is 55.3 Å². The molecule has 0 spiro atoms. The minimum absolute atomic E-state index is 0.0198. The Morgan fingerprint density at radius 2 is 1.61 bits per heavy atom. The number of hydrogen-bond acceptors (Lipinski definition) is 3. The molecule has 0 fully saturated rings. The maximum absolute atomic E-state index is 7.86. The molecule has 6 aromatic rings. The second-order valence-corrected chi connectivity index (χ2v) is 8.07. The Morgan fingerprint density at radius 1 is 0.839 bits per heavy atom. The number of benzene rings is 2. The van der Waals surface area contributed by atoms with E-state index in [4.69, 9.17) is 17.1 Å². The average molecular weight is 414 g/mol. The lowest BCUT2D eigenvalue weighted by atomic mass is 9.98. The number of aromatic nitrogens is 2. The summed E-state index contributed by atoms with van der Waals surface area (Å²) < 4.78 is 60.9. The third kappa shape index (κ3) is 2.48. The number of furan rings is 2. The van der Waals surface area contributed by atoms with E-state index < -0.39 is 13.7 Å². The van der Waals surface area contributed by atoms with E-state index in [0.29, 0.717) is 33.3 Å². The highest BCUT2D eigenvalue weighted by Gasteiger charge is 2.23. The lowest BCUT2D eigenvalue weighted by Crippen LogP contribution is -2.31. The Hall–Kier alpha value is -3.66. The maximum Gasteiger partial charge on any atom is 0.227 e. The van der Waals surface area contributed by atoms with Crippen LogP contribution in [0.4, 0.5) is 0 Å². The lowest BCUT2D eigenvalue weighted by molar-refractivity contribution is -0.660. The first-order chi connectivity index (χ1) is 17.3. The number of pyridine rings is 2. The summed E-state index contributed by atoms with van der Waals surface area (Å²) in [5.41, 5.74) is 5.87. The van der Waals surface area contributed by atoms with Gasteiger partial charge in [0, 0.05) is 47.1 Å². The van der Waals surface area contributed by atoms with Gasteiger partial charge < -0.3 is 8.83 Å². The van der Waals surface area contributed by atoms with Gasteiger partial charge in [0.25, 0.3) is 0 Å². The molecule has 4 aromatic heterocycles. The molecular weight excluding hydrogens is 384 g/mol. The molecule has 0 saturated heterocycles. The van der Waals surface area contributed by atoms with E-state index in [1.807, 2.05) is 42.8 Å². The van der Waals surface area contributed by atoms with Crippen molar-refractivity contribution in [2.24, 2.45) is 7.05 Å². The predicted molar refractivity (Wildman–Crippen MR) is 124 cm³/mol. The number of hydrogen-bond donors (Lipinski definition) is 0. The topological polar surface area (TPSA) is 43.1 Å². The molecule has 0 unspecified atom stereocenters. The summed E-state index contributed by atoms with van der Waals surface area (Å²) in [6, 6.07) is 12.8. The zero-order chi connectivity index (χ0) is 26.4. The second-order valence-electron chi connectivity index (χ2n) is 8.07. The lowest BCUT2D eigenvalue weighted by Gasteiger charge is -2.07. The monoisotopic (exact) mass is 413 g/mol. The van der Waals surface area contributed by atoms with Crippen molar-refractivity contribution in [1.82, 2.24) is 4.98 Å². The highest BCUT2D eigenvalue weighted by atomic mass is 16.3. The first-order valence-electron chi connectivity index (χ1n) is 13.0. The molecule has 152 valence electrons. The van der Waals surface area contributed by atoms with Gasteiger partial charge in [-0.3, -0.25) is 0 Å². The van der Waals surface area contributed by atoms with E-state index in [1.165, 1.54) is 6.07 Å². The quantitative estimate of drug-likeness (QED) is 0.285. The summed E-state index contributed by atoms with van der Waals surface area (Å²) in [6.45, 7) is -0.735. The molecule has 2 aromatic carbocycles. The molecule has 31 heavy (non-hydrogen) atoms. The van der Waals surface area contributed by atoms with Gasteiger partial charge in [-0.15, -0.1) is 0 Å². The van der Waals surface area contributed by atoms with Crippen LogP contribution in [0, 0.1) is 27.6 Å². The van der Waals surface area contributed by atoms with Crippen LogP contribution in [0.5, 0.6) is 0 Å². The Kier molecular flexibility index (Phi) is 2.57. The normalized spacial score (nSPS) is 15.7. The van der Waals surface area contributed by atoms with Crippen molar-refractivity contribution in [2.45, 2.75) is 27.6 Å². The van der Waals surface area contributed by atoms with E-state index in [9.17, 15) is 0 Å². The van der Waals surface area contributed by atoms with Gasteiger partial charge in [0.1, 0.15) is 23.8 Å². The standard InChI is InChI=1S/C27H23N2O2/c1-14-6-8-18-24-21(10-11-22-25(24)19-9-7-17(4)28-27(19)31-22)30-26(18)23(14)20-12-15(2)16(3)13-29(20)5/h6-13H,1-5H3/q+1/i3D3,4D3. The highest BCUT2D eigenvalue weighted by Crippen LogP contribution is 2.42. The molecule has 6 rings (SSSR count). The molecule has 0 aliphatic carbocycles. The molecule has 0 amide bonds. The van der Waals surface area contributed by atoms with Gasteiger partial charge in [-0.25, -0.2) is 9.55 Å². The van der Waals surface area contributed by atoms with Gasteiger partial charge in [-0.05, 0) is 62.9 Å². The number of fused-ring (bicyclic) bond motifs is 7. The van der Waals surface area contributed by atoms with Crippen LogP contribution in [-0.2, 0) is 7.05 Å². The highest BCUT2D eigenvalue weighted by molar-refractivity contribution is 6.26. The fourth-order valence-electron chi connectivity index (χ4n) is 4.49. The summed E-state index contributed by atoms with van der Waals surface area (Å²) in [5, 5.41) is 3.25. The summed E-state index contributed by atoms with van der Waals surface area (Å²) in [7, 11) is 1.83. The average Bonchev–Trinajstić information content (AvgIpc) is 3.36. The first kappa shape index (κ1) is 12.9. The van der Waals surface area contributed by atoms with Crippen LogP contribution in [-0.4, -0.2) is 4.98 Å². The fraction of sp³-hybridized carbons (Fsp3) is 0.185. The largest absolute Gasteiger partial charge is 0.455 e. The molecule has 0 N–H and O–H groups in total. The summed E-state index contributed by atoms with van der Waals surface area (Å²) in [5.74, 6) is 0. The van der Waals surface area contributed by atoms with Gasteiger partial charge in [0.15, 0.2) is 6.20 Å². The molecule has 4 nitrogen and oxygen atoms in total. The van der Waals surface area contributed by atoms with E-state index in [0.717, 1.165) is 33.0 Å². The molecule has 0 aliphatic rings. The van der Waals surface area contributed by atoms with Gasteiger partial charge in [-0.2, -0.15) is 0 Å². The molecule has 0 bridgehead atoms. The Balaban J connectivity index is 1.68. The Morgan fingerprint density at radius 3 is 2.42 bits per heavy atom. The van der Waals surface area contributed by atoms with Crippen LogP contribution in [0.3, 0.4) is 0 Å². The SMILES string of the molecule is [2H]C([2H])([2H])c1ccc2c(n1)oc1ccc3oc4c(-c5cc(C)c(C([2H])([2H])[2H])c[n+]5C)c(C)ccc4c3c12. The molecular formula is C27H23N2O2+. The second kappa shape index (κ2) is 6.17. The Bertz CT molecular complexity index is 1890. The van der Waals surface area contributed by atoms with E-state index in [-0.39, 0.29) is 11.4 Å². The van der Waals surface area contributed by atoms with E-state index in [2.05, 4.69) is 4.98 Å². The van der Waals surface area contributed by atoms with Crippen molar-refractivity contribution >= 4 is 44.0 Å². The molecule has 0 atom stereocenters. The minimum Gasteiger partial charge on any atom is -0.455 e. The van der Waals surface area contributed by atoms with Gasteiger partial charge in [0.05, 0.1) is 5.56 Å². The van der Waals surface area contributed by atoms with Crippen LogP contribution in [0.1, 0.15) is 30.6 Å². The van der Waals surface area contributed by atoms with E-state index in [1.54, 1.807) is 25.3 Å². The first-order valence-corrected chi connectivity index (χ1v) is 10.0. The number of aryl methyl sites for hydroxylation is 5.